The standard InChI is InChI=1S/C16H23ClN2O6/c1-8-6-11(17)4-5-13(8)25-10(3)16(24)19-18-7-12(21)15(23)14(22)9(2)20/h4-7,9-10,12,14-15,20-23H,1-3H3,(H,19,24)/b18-7-/t9-,10-,12-,14-,15+/m1/s1. The molecule has 0 aliphatic rings. The minimum absolute atomic E-state index is 0.492. The summed E-state index contributed by atoms with van der Waals surface area (Å²) in [7, 11) is 0. The summed E-state index contributed by atoms with van der Waals surface area (Å²) in [6.45, 7) is 4.56. The van der Waals surface area contributed by atoms with Crippen molar-refractivity contribution in [3.8, 4) is 5.75 Å². The Kier molecular flexibility index (Phi) is 8.27. The van der Waals surface area contributed by atoms with Crippen molar-refractivity contribution in [3.63, 3.8) is 0 Å². The van der Waals surface area contributed by atoms with Gasteiger partial charge in [0.05, 0.1) is 12.3 Å². The molecule has 1 amide bonds. The van der Waals surface area contributed by atoms with E-state index >= 15 is 0 Å². The third-order valence-corrected chi connectivity index (χ3v) is 3.64. The van der Waals surface area contributed by atoms with Gasteiger partial charge in [-0.15, -0.1) is 0 Å². The highest BCUT2D eigenvalue weighted by atomic mass is 35.5. The molecule has 8 nitrogen and oxygen atoms in total. The second-order valence-corrected chi connectivity index (χ2v) is 6.07. The quantitative estimate of drug-likeness (QED) is 0.321. The Morgan fingerprint density at radius 2 is 1.88 bits per heavy atom. The molecule has 25 heavy (non-hydrogen) atoms. The first kappa shape index (κ1) is 21.3. The molecule has 0 bridgehead atoms. The highest BCUT2D eigenvalue weighted by Crippen LogP contribution is 2.22. The van der Waals surface area contributed by atoms with Gasteiger partial charge in [-0.05, 0) is 44.5 Å². The van der Waals surface area contributed by atoms with E-state index in [4.69, 9.17) is 21.4 Å². The molecule has 1 aromatic carbocycles. The minimum Gasteiger partial charge on any atom is -0.481 e. The molecule has 1 aromatic rings. The number of amides is 1. The Balaban J connectivity index is 2.55. The summed E-state index contributed by atoms with van der Waals surface area (Å²) < 4.78 is 5.51. The fourth-order valence-electron chi connectivity index (χ4n) is 1.83. The summed E-state index contributed by atoms with van der Waals surface area (Å²) >= 11 is 5.85. The van der Waals surface area contributed by atoms with Crippen LogP contribution in [0.5, 0.6) is 5.75 Å². The Morgan fingerprint density at radius 1 is 1.24 bits per heavy atom. The van der Waals surface area contributed by atoms with Crippen molar-refractivity contribution in [3.05, 3.63) is 28.8 Å². The Hall–Kier alpha value is -1.71. The first-order chi connectivity index (χ1) is 11.6. The number of rotatable bonds is 8. The number of carbonyl (C=O) groups excluding carboxylic acids is 1. The Bertz CT molecular complexity index is 610. The fraction of sp³-hybridized carbons (Fsp3) is 0.500. The number of halogens is 1. The van der Waals surface area contributed by atoms with Crippen LogP contribution in [0.1, 0.15) is 19.4 Å². The maximum absolute atomic E-state index is 11.9. The molecule has 1 rings (SSSR count). The topological polar surface area (TPSA) is 132 Å². The lowest BCUT2D eigenvalue weighted by molar-refractivity contribution is -0.127. The van der Waals surface area contributed by atoms with Crippen molar-refractivity contribution >= 4 is 23.7 Å². The highest BCUT2D eigenvalue weighted by Gasteiger charge is 2.27. The summed E-state index contributed by atoms with van der Waals surface area (Å²) in [5, 5.41) is 41.8. The zero-order chi connectivity index (χ0) is 19.1. The van der Waals surface area contributed by atoms with Crippen LogP contribution in [0.4, 0.5) is 0 Å². The SMILES string of the molecule is Cc1cc(Cl)ccc1O[C@H](C)C(=O)N/N=C\[C@@H](O)[C@H](O)[C@H](O)[C@@H](C)O. The lowest BCUT2D eigenvalue weighted by Gasteiger charge is -2.22. The van der Waals surface area contributed by atoms with Crippen LogP contribution in [-0.2, 0) is 4.79 Å². The average molecular weight is 375 g/mol. The maximum atomic E-state index is 11.9. The first-order valence-corrected chi connectivity index (χ1v) is 7.99. The van der Waals surface area contributed by atoms with Crippen LogP contribution in [0.15, 0.2) is 23.3 Å². The number of carbonyl (C=O) groups is 1. The van der Waals surface area contributed by atoms with Gasteiger partial charge in [-0.25, -0.2) is 5.43 Å². The van der Waals surface area contributed by atoms with Gasteiger partial charge in [-0.1, -0.05) is 11.6 Å². The van der Waals surface area contributed by atoms with Crippen molar-refractivity contribution in [1.29, 1.82) is 0 Å². The second-order valence-electron chi connectivity index (χ2n) is 5.64. The van der Waals surface area contributed by atoms with Gasteiger partial charge in [0.2, 0.25) is 0 Å². The zero-order valence-electron chi connectivity index (χ0n) is 14.1. The monoisotopic (exact) mass is 374 g/mol. The molecule has 0 saturated carbocycles. The van der Waals surface area contributed by atoms with Gasteiger partial charge in [0.25, 0.3) is 5.91 Å². The van der Waals surface area contributed by atoms with Gasteiger partial charge < -0.3 is 25.2 Å². The van der Waals surface area contributed by atoms with E-state index in [1.807, 2.05) is 0 Å². The number of aliphatic hydroxyl groups is 4. The molecule has 5 atom stereocenters. The van der Waals surface area contributed by atoms with Crippen LogP contribution < -0.4 is 10.2 Å². The van der Waals surface area contributed by atoms with Crippen LogP contribution >= 0.6 is 11.6 Å². The summed E-state index contributed by atoms with van der Waals surface area (Å²) in [5.41, 5.74) is 2.92. The lowest BCUT2D eigenvalue weighted by Crippen LogP contribution is -2.44. The van der Waals surface area contributed by atoms with Gasteiger partial charge in [0, 0.05) is 5.02 Å². The molecular weight excluding hydrogens is 352 g/mol. The van der Waals surface area contributed by atoms with Crippen molar-refractivity contribution in [2.45, 2.75) is 51.3 Å². The van der Waals surface area contributed by atoms with Gasteiger partial charge in [0.15, 0.2) is 6.10 Å². The molecule has 0 fully saturated rings. The number of nitrogens with one attached hydrogen (secondary N) is 1. The third-order valence-electron chi connectivity index (χ3n) is 3.41. The summed E-state index contributed by atoms with van der Waals surface area (Å²) in [6.07, 6.45) is -6.03. The van der Waals surface area contributed by atoms with Crippen molar-refractivity contribution < 1.29 is 30.0 Å². The largest absolute Gasteiger partial charge is 0.481 e. The van der Waals surface area contributed by atoms with E-state index in [2.05, 4.69) is 10.5 Å². The van der Waals surface area contributed by atoms with E-state index in [-0.39, 0.29) is 0 Å². The molecule has 0 aromatic heterocycles. The Morgan fingerprint density at radius 3 is 2.44 bits per heavy atom. The molecule has 0 aliphatic heterocycles. The van der Waals surface area contributed by atoms with E-state index in [9.17, 15) is 20.1 Å². The molecule has 0 aliphatic carbocycles. The van der Waals surface area contributed by atoms with E-state index in [1.165, 1.54) is 13.8 Å². The number of hydrogen-bond donors (Lipinski definition) is 5. The first-order valence-electron chi connectivity index (χ1n) is 7.61. The van der Waals surface area contributed by atoms with Crippen LogP contribution in [-0.4, -0.2) is 63.1 Å². The number of aryl methyl sites for hydroxylation is 1. The average Bonchev–Trinajstić information content (AvgIpc) is 2.55. The normalized spacial score (nSPS) is 17.6. The van der Waals surface area contributed by atoms with Crippen LogP contribution in [0.2, 0.25) is 5.02 Å². The van der Waals surface area contributed by atoms with Crippen molar-refractivity contribution in [2.75, 3.05) is 0 Å². The molecule has 5 N–H and O–H groups in total. The molecule has 0 unspecified atom stereocenters. The van der Waals surface area contributed by atoms with Crippen molar-refractivity contribution in [2.24, 2.45) is 5.10 Å². The molecular formula is C16H23ClN2O6. The summed E-state index contributed by atoms with van der Waals surface area (Å²) in [5.74, 6) is -0.0880. The number of nitrogens with zero attached hydrogens (tertiary/aromatic N) is 1. The third kappa shape index (κ3) is 6.60. The predicted octanol–water partition coefficient (Wildman–Crippen LogP) is -0.0188. The molecule has 0 heterocycles. The molecule has 0 saturated heterocycles. The molecule has 140 valence electrons. The molecule has 0 radical (unpaired) electrons. The van der Waals surface area contributed by atoms with E-state index in [1.54, 1.807) is 25.1 Å². The minimum atomic E-state index is -1.65. The number of aliphatic hydroxyl groups excluding tert-OH is 4. The van der Waals surface area contributed by atoms with Crippen LogP contribution in [0, 0.1) is 6.92 Å². The zero-order valence-corrected chi connectivity index (χ0v) is 14.9. The number of hydrogen-bond acceptors (Lipinski definition) is 7. The van der Waals surface area contributed by atoms with Crippen LogP contribution in [0.25, 0.3) is 0 Å². The maximum Gasteiger partial charge on any atom is 0.280 e. The summed E-state index contributed by atoms with van der Waals surface area (Å²) in [6, 6.07) is 4.98. The second kappa shape index (κ2) is 9.69. The van der Waals surface area contributed by atoms with E-state index < -0.39 is 36.4 Å². The van der Waals surface area contributed by atoms with E-state index in [0.29, 0.717) is 10.8 Å². The Labute approximate surface area is 150 Å². The van der Waals surface area contributed by atoms with Crippen molar-refractivity contribution in [1.82, 2.24) is 5.43 Å². The lowest BCUT2D eigenvalue weighted by atomic mass is 10.1. The fourth-order valence-corrected chi connectivity index (χ4v) is 2.06. The van der Waals surface area contributed by atoms with Gasteiger partial charge in [0.1, 0.15) is 24.1 Å². The van der Waals surface area contributed by atoms with E-state index in [0.717, 1.165) is 11.8 Å². The summed E-state index contributed by atoms with van der Waals surface area (Å²) in [4.78, 5) is 11.9. The smallest absolute Gasteiger partial charge is 0.280 e. The molecule has 0 spiro atoms. The van der Waals surface area contributed by atoms with Crippen LogP contribution in [0.3, 0.4) is 0 Å². The number of benzene rings is 1. The van der Waals surface area contributed by atoms with Gasteiger partial charge in [-0.3, -0.25) is 4.79 Å². The highest BCUT2D eigenvalue weighted by molar-refractivity contribution is 6.30. The molecule has 9 heteroatoms. The number of ether oxygens (including phenoxy) is 1. The van der Waals surface area contributed by atoms with Gasteiger partial charge in [-0.2, -0.15) is 5.10 Å². The predicted molar refractivity (Wildman–Crippen MR) is 92.6 cm³/mol. The van der Waals surface area contributed by atoms with Gasteiger partial charge >= 0.3 is 0 Å². The number of hydrazone groups is 1.